The highest BCUT2D eigenvalue weighted by atomic mass is 16.5. The number of aryl methyl sites for hydroxylation is 1. The predicted octanol–water partition coefficient (Wildman–Crippen LogP) is 4.18. The Labute approximate surface area is 171 Å². The molecule has 0 fully saturated rings. The van der Waals surface area contributed by atoms with E-state index in [9.17, 15) is 4.79 Å². The second kappa shape index (κ2) is 8.99. The zero-order valence-electron chi connectivity index (χ0n) is 17.6. The average Bonchev–Trinajstić information content (AvgIpc) is 3.06. The van der Waals surface area contributed by atoms with Gasteiger partial charge < -0.3 is 19.4 Å². The maximum Gasteiger partial charge on any atom is 0.225 e. The Morgan fingerprint density at radius 2 is 1.76 bits per heavy atom. The summed E-state index contributed by atoms with van der Waals surface area (Å²) >= 11 is 0. The lowest BCUT2D eigenvalue weighted by molar-refractivity contribution is -0.128. The Morgan fingerprint density at radius 1 is 1.07 bits per heavy atom. The number of nitrogens with zero attached hydrogens (tertiary/aromatic N) is 2. The van der Waals surface area contributed by atoms with E-state index in [2.05, 4.69) is 16.0 Å². The van der Waals surface area contributed by atoms with Crippen LogP contribution in [0.5, 0.6) is 11.5 Å². The number of methoxy groups -OCH3 is 1. The van der Waals surface area contributed by atoms with Gasteiger partial charge >= 0.3 is 0 Å². The van der Waals surface area contributed by atoms with Crippen LogP contribution in [0.1, 0.15) is 33.0 Å². The van der Waals surface area contributed by atoms with E-state index in [4.69, 9.17) is 14.5 Å². The van der Waals surface area contributed by atoms with Crippen LogP contribution in [-0.4, -0.2) is 29.2 Å². The van der Waals surface area contributed by atoms with Crippen LogP contribution in [0.3, 0.4) is 0 Å². The molecule has 0 radical (unpaired) electrons. The number of amides is 1. The van der Waals surface area contributed by atoms with Crippen LogP contribution in [-0.2, 0) is 17.9 Å². The van der Waals surface area contributed by atoms with E-state index in [1.807, 2.05) is 63.2 Å². The van der Waals surface area contributed by atoms with Crippen molar-refractivity contribution in [2.75, 3.05) is 13.7 Å². The number of carbonyl (C=O) groups is 1. The first-order valence-electron chi connectivity index (χ1n) is 9.88. The van der Waals surface area contributed by atoms with Gasteiger partial charge in [0.15, 0.2) is 11.5 Å². The van der Waals surface area contributed by atoms with Crippen LogP contribution in [0.4, 0.5) is 0 Å². The Balaban J connectivity index is 1.68. The summed E-state index contributed by atoms with van der Waals surface area (Å²) in [6.45, 7) is 7.41. The van der Waals surface area contributed by atoms with Gasteiger partial charge in [0.25, 0.3) is 0 Å². The Hall–Kier alpha value is -3.02. The summed E-state index contributed by atoms with van der Waals surface area (Å²) in [6, 6.07) is 15.7. The van der Waals surface area contributed by atoms with Crippen molar-refractivity contribution in [1.82, 2.24) is 14.9 Å². The molecule has 1 heterocycles. The first kappa shape index (κ1) is 20.7. The molecular weight excluding hydrogens is 366 g/mol. The second-order valence-electron chi connectivity index (χ2n) is 7.95. The van der Waals surface area contributed by atoms with Gasteiger partial charge in [0.05, 0.1) is 31.3 Å². The van der Waals surface area contributed by atoms with Crippen LogP contribution in [0, 0.1) is 5.41 Å². The second-order valence-corrected chi connectivity index (χ2v) is 7.95. The lowest BCUT2D eigenvalue weighted by Crippen LogP contribution is -2.35. The summed E-state index contributed by atoms with van der Waals surface area (Å²) in [5.41, 5.74) is 1.56. The van der Waals surface area contributed by atoms with Crippen molar-refractivity contribution >= 4 is 16.9 Å². The number of nitrogens with one attached hydrogen (secondary N) is 1. The van der Waals surface area contributed by atoms with Gasteiger partial charge in [-0.15, -0.1) is 0 Å². The minimum Gasteiger partial charge on any atom is -0.493 e. The highest BCUT2D eigenvalue weighted by Crippen LogP contribution is 2.26. The summed E-state index contributed by atoms with van der Waals surface area (Å²) in [4.78, 5) is 17.0. The first-order valence-corrected chi connectivity index (χ1v) is 9.88. The number of fused-ring (bicyclic) bond motifs is 1. The molecule has 6 nitrogen and oxygen atoms in total. The lowest BCUT2D eigenvalue weighted by Gasteiger charge is -2.18. The van der Waals surface area contributed by atoms with Crippen LogP contribution in [0.15, 0.2) is 48.5 Å². The largest absolute Gasteiger partial charge is 0.493 e. The van der Waals surface area contributed by atoms with Crippen molar-refractivity contribution < 1.29 is 14.3 Å². The third-order valence-corrected chi connectivity index (χ3v) is 4.67. The van der Waals surface area contributed by atoms with E-state index < -0.39 is 5.41 Å². The standard InChI is InChI=1S/C23H29N3O3/c1-23(2,3)22(27)24-16-21-25-17-10-5-6-11-18(17)26(21)14-9-15-29-20-13-8-7-12-19(20)28-4/h5-8,10-13H,9,14-16H2,1-4H3,(H,24,27). The fourth-order valence-electron chi connectivity index (χ4n) is 3.08. The van der Waals surface area contributed by atoms with Crippen molar-refractivity contribution in [3.63, 3.8) is 0 Å². The van der Waals surface area contributed by atoms with Crippen molar-refractivity contribution in [2.24, 2.45) is 5.41 Å². The van der Waals surface area contributed by atoms with Crippen molar-refractivity contribution in [2.45, 2.75) is 40.3 Å². The van der Waals surface area contributed by atoms with Gasteiger partial charge in [0.1, 0.15) is 5.82 Å². The van der Waals surface area contributed by atoms with Gasteiger partial charge in [0, 0.05) is 12.0 Å². The predicted molar refractivity (Wildman–Crippen MR) is 114 cm³/mol. The zero-order chi connectivity index (χ0) is 20.9. The van der Waals surface area contributed by atoms with Crippen LogP contribution in [0.25, 0.3) is 11.0 Å². The topological polar surface area (TPSA) is 65.4 Å². The lowest BCUT2D eigenvalue weighted by atomic mass is 9.96. The van der Waals surface area contributed by atoms with Crippen LogP contribution < -0.4 is 14.8 Å². The quantitative estimate of drug-likeness (QED) is 0.581. The van der Waals surface area contributed by atoms with Crippen LogP contribution >= 0.6 is 0 Å². The molecule has 2 aromatic carbocycles. The number of imidazole rings is 1. The highest BCUT2D eigenvalue weighted by Gasteiger charge is 2.21. The molecule has 3 rings (SSSR count). The number of para-hydroxylation sites is 4. The summed E-state index contributed by atoms with van der Waals surface area (Å²) in [7, 11) is 1.64. The third-order valence-electron chi connectivity index (χ3n) is 4.67. The minimum absolute atomic E-state index is 0.00983. The Bertz CT molecular complexity index is 973. The highest BCUT2D eigenvalue weighted by molar-refractivity contribution is 5.81. The molecule has 3 aromatic rings. The van der Waals surface area contributed by atoms with E-state index >= 15 is 0 Å². The smallest absolute Gasteiger partial charge is 0.225 e. The van der Waals surface area contributed by atoms with E-state index in [1.54, 1.807) is 7.11 Å². The zero-order valence-corrected chi connectivity index (χ0v) is 17.6. The maximum absolute atomic E-state index is 12.3. The molecular formula is C23H29N3O3. The third kappa shape index (κ3) is 5.08. The van der Waals surface area contributed by atoms with Crippen LogP contribution in [0.2, 0.25) is 0 Å². The molecule has 0 aliphatic heterocycles. The van der Waals surface area contributed by atoms with E-state index in [1.165, 1.54) is 0 Å². The van der Waals surface area contributed by atoms with Crippen molar-refractivity contribution in [3.05, 3.63) is 54.4 Å². The number of hydrogen-bond donors (Lipinski definition) is 1. The van der Waals surface area contributed by atoms with Gasteiger partial charge in [-0.05, 0) is 30.7 Å². The molecule has 0 spiro atoms. The summed E-state index contributed by atoms with van der Waals surface area (Å²) in [5, 5.41) is 3.00. The number of ether oxygens (including phenoxy) is 2. The molecule has 0 saturated carbocycles. The van der Waals surface area contributed by atoms with E-state index in [0.717, 1.165) is 41.3 Å². The van der Waals surface area contributed by atoms with E-state index in [0.29, 0.717) is 13.2 Å². The molecule has 0 aliphatic rings. The molecule has 29 heavy (non-hydrogen) atoms. The van der Waals surface area contributed by atoms with Gasteiger partial charge in [-0.2, -0.15) is 0 Å². The normalized spacial score (nSPS) is 11.4. The minimum atomic E-state index is -0.431. The van der Waals surface area contributed by atoms with Gasteiger partial charge in [-0.25, -0.2) is 4.98 Å². The van der Waals surface area contributed by atoms with Crippen molar-refractivity contribution in [1.29, 1.82) is 0 Å². The number of aromatic nitrogens is 2. The summed E-state index contributed by atoms with van der Waals surface area (Å²) < 4.78 is 13.4. The molecule has 0 atom stereocenters. The molecule has 1 N–H and O–H groups in total. The van der Waals surface area contributed by atoms with Crippen molar-refractivity contribution in [3.8, 4) is 11.5 Å². The average molecular weight is 396 g/mol. The molecule has 0 saturated heterocycles. The number of rotatable bonds is 8. The number of hydrogen-bond acceptors (Lipinski definition) is 4. The SMILES string of the molecule is COc1ccccc1OCCCn1c(CNC(=O)C(C)(C)C)nc2ccccc21. The van der Waals surface area contributed by atoms with E-state index in [-0.39, 0.29) is 5.91 Å². The van der Waals surface area contributed by atoms with Gasteiger partial charge in [-0.3, -0.25) is 4.79 Å². The maximum atomic E-state index is 12.3. The van der Waals surface area contributed by atoms with Gasteiger partial charge in [-0.1, -0.05) is 45.0 Å². The summed E-state index contributed by atoms with van der Waals surface area (Å²) in [5.74, 6) is 2.33. The Kier molecular flexibility index (Phi) is 6.42. The fourth-order valence-corrected chi connectivity index (χ4v) is 3.08. The number of carbonyl (C=O) groups excluding carboxylic acids is 1. The summed E-state index contributed by atoms with van der Waals surface area (Å²) in [6.07, 6.45) is 0.804. The molecule has 1 aromatic heterocycles. The Morgan fingerprint density at radius 3 is 2.48 bits per heavy atom. The molecule has 0 bridgehead atoms. The number of benzene rings is 2. The monoisotopic (exact) mass is 395 g/mol. The van der Waals surface area contributed by atoms with Gasteiger partial charge in [0.2, 0.25) is 5.91 Å². The molecule has 6 heteroatoms. The molecule has 0 aliphatic carbocycles. The molecule has 1 amide bonds. The fraction of sp³-hybridized carbons (Fsp3) is 0.391. The molecule has 0 unspecified atom stereocenters. The molecule has 154 valence electrons. The first-order chi connectivity index (χ1) is 13.9.